The quantitative estimate of drug-likeness (QED) is 0.430. The molecule has 2 aromatic heterocycles. The summed E-state index contributed by atoms with van der Waals surface area (Å²) in [5, 5.41) is 2.93. The Bertz CT molecular complexity index is 1150. The SMILES string of the molecule is C[Si](C)(C)c1ccc(-c2ccnc3c2ncn3-c2ccc([Si](C)(C)C)cc2)cc1. The lowest BCUT2D eigenvalue weighted by Gasteiger charge is -2.17. The fourth-order valence-electron chi connectivity index (χ4n) is 3.61. The maximum Gasteiger partial charge on any atom is 0.165 e. The molecule has 4 aromatic rings. The molecular formula is C24H29N3Si2. The number of nitrogens with zero attached hydrogens (tertiary/aromatic N) is 3. The number of aromatic nitrogens is 3. The molecule has 148 valence electrons. The van der Waals surface area contributed by atoms with Crippen molar-refractivity contribution in [3.8, 4) is 16.8 Å². The molecule has 0 radical (unpaired) electrons. The van der Waals surface area contributed by atoms with Gasteiger partial charge < -0.3 is 0 Å². The molecule has 5 heteroatoms. The summed E-state index contributed by atoms with van der Waals surface area (Å²) in [6.45, 7) is 14.2. The fraction of sp³-hybridized carbons (Fsp3) is 0.250. The van der Waals surface area contributed by atoms with Crippen LogP contribution in [0.5, 0.6) is 0 Å². The van der Waals surface area contributed by atoms with Crippen molar-refractivity contribution in [2.24, 2.45) is 0 Å². The molecule has 4 rings (SSSR count). The van der Waals surface area contributed by atoms with Crippen LogP contribution >= 0.6 is 0 Å². The molecule has 0 saturated heterocycles. The van der Waals surface area contributed by atoms with E-state index in [0.29, 0.717) is 0 Å². The Morgan fingerprint density at radius 3 is 1.76 bits per heavy atom. The molecule has 0 saturated carbocycles. The monoisotopic (exact) mass is 415 g/mol. The second-order valence-corrected chi connectivity index (χ2v) is 19.9. The van der Waals surface area contributed by atoms with Gasteiger partial charge in [-0.2, -0.15) is 0 Å². The number of hydrogen-bond donors (Lipinski definition) is 0. The molecular weight excluding hydrogens is 386 g/mol. The van der Waals surface area contributed by atoms with Crippen LogP contribution in [0.2, 0.25) is 39.3 Å². The summed E-state index contributed by atoms with van der Waals surface area (Å²) >= 11 is 0. The third kappa shape index (κ3) is 3.85. The summed E-state index contributed by atoms with van der Waals surface area (Å²) < 4.78 is 2.09. The first-order valence-corrected chi connectivity index (χ1v) is 17.2. The van der Waals surface area contributed by atoms with E-state index in [1.165, 1.54) is 15.9 Å². The fourth-order valence-corrected chi connectivity index (χ4v) is 5.94. The predicted molar refractivity (Wildman–Crippen MR) is 130 cm³/mol. The molecule has 0 N–H and O–H groups in total. The third-order valence-electron chi connectivity index (χ3n) is 5.51. The second kappa shape index (κ2) is 7.08. The van der Waals surface area contributed by atoms with Crippen molar-refractivity contribution in [3.63, 3.8) is 0 Å². The van der Waals surface area contributed by atoms with E-state index in [0.717, 1.165) is 22.4 Å². The van der Waals surface area contributed by atoms with Gasteiger partial charge in [-0.25, -0.2) is 9.97 Å². The lowest BCUT2D eigenvalue weighted by Crippen LogP contribution is -2.37. The highest BCUT2D eigenvalue weighted by molar-refractivity contribution is 6.89. The number of benzene rings is 2. The molecule has 0 aliphatic carbocycles. The van der Waals surface area contributed by atoms with Crippen molar-refractivity contribution in [2.75, 3.05) is 0 Å². The molecule has 2 aromatic carbocycles. The first kappa shape index (κ1) is 19.8. The van der Waals surface area contributed by atoms with E-state index in [1.807, 2.05) is 12.5 Å². The van der Waals surface area contributed by atoms with E-state index in [9.17, 15) is 0 Å². The summed E-state index contributed by atoms with van der Waals surface area (Å²) in [4.78, 5) is 9.38. The van der Waals surface area contributed by atoms with Gasteiger partial charge in [-0.1, -0.05) is 86.1 Å². The Morgan fingerprint density at radius 1 is 0.655 bits per heavy atom. The topological polar surface area (TPSA) is 30.7 Å². The van der Waals surface area contributed by atoms with E-state index < -0.39 is 16.1 Å². The Hall–Kier alpha value is -2.51. The number of rotatable bonds is 4. The summed E-state index contributed by atoms with van der Waals surface area (Å²) in [7, 11) is -2.60. The minimum Gasteiger partial charge on any atom is -0.283 e. The summed E-state index contributed by atoms with van der Waals surface area (Å²) in [6.07, 6.45) is 3.78. The molecule has 0 bridgehead atoms. The predicted octanol–water partition coefficient (Wildman–Crippen LogP) is 5.18. The van der Waals surface area contributed by atoms with E-state index in [2.05, 4.69) is 103 Å². The van der Waals surface area contributed by atoms with Crippen molar-refractivity contribution in [1.29, 1.82) is 0 Å². The first-order chi connectivity index (χ1) is 13.6. The molecule has 29 heavy (non-hydrogen) atoms. The second-order valence-electron chi connectivity index (χ2n) is 9.77. The Labute approximate surface area is 175 Å². The van der Waals surface area contributed by atoms with E-state index in [4.69, 9.17) is 4.98 Å². The maximum atomic E-state index is 4.73. The van der Waals surface area contributed by atoms with E-state index >= 15 is 0 Å². The lowest BCUT2D eigenvalue weighted by molar-refractivity contribution is 1.07. The highest BCUT2D eigenvalue weighted by atomic mass is 28.3. The zero-order valence-electron chi connectivity index (χ0n) is 18.2. The van der Waals surface area contributed by atoms with Gasteiger partial charge in [0.25, 0.3) is 0 Å². The number of imidazole rings is 1. The number of pyridine rings is 1. The summed E-state index contributed by atoms with van der Waals surface area (Å²) in [5.41, 5.74) is 5.28. The van der Waals surface area contributed by atoms with Gasteiger partial charge in [-0.15, -0.1) is 0 Å². The number of hydrogen-bond acceptors (Lipinski definition) is 2. The average molecular weight is 416 g/mol. The van der Waals surface area contributed by atoms with Crippen LogP contribution in [0, 0.1) is 0 Å². The van der Waals surface area contributed by atoms with E-state index in [1.54, 1.807) is 0 Å². The van der Waals surface area contributed by atoms with Crippen LogP contribution in [0.1, 0.15) is 0 Å². The number of fused-ring (bicyclic) bond motifs is 1. The van der Waals surface area contributed by atoms with Gasteiger partial charge in [-0.05, 0) is 23.8 Å². The Kier molecular flexibility index (Phi) is 4.83. The Morgan fingerprint density at radius 2 is 1.21 bits per heavy atom. The molecule has 2 heterocycles. The Balaban J connectivity index is 1.76. The minimum absolute atomic E-state index is 0.900. The van der Waals surface area contributed by atoms with Crippen molar-refractivity contribution in [2.45, 2.75) is 39.3 Å². The standard InChI is InChI=1S/C24H29N3Si2/c1-28(2,3)20-11-7-18(8-12-20)22-15-16-25-24-23(22)26-17-27(24)19-9-13-21(14-10-19)29(4,5)6/h7-17H,1-6H3. The van der Waals surface area contributed by atoms with Gasteiger partial charge in [-0.3, -0.25) is 4.57 Å². The van der Waals surface area contributed by atoms with Crippen LogP contribution in [0.15, 0.2) is 67.1 Å². The van der Waals surface area contributed by atoms with E-state index in [-0.39, 0.29) is 0 Å². The largest absolute Gasteiger partial charge is 0.283 e. The van der Waals surface area contributed by atoms with Crippen LogP contribution in [-0.2, 0) is 0 Å². The summed E-state index contributed by atoms with van der Waals surface area (Å²) in [6, 6.07) is 20.0. The normalized spacial score (nSPS) is 12.5. The molecule has 0 fully saturated rings. The van der Waals surface area contributed by atoms with Gasteiger partial charge in [0.15, 0.2) is 5.65 Å². The summed E-state index contributed by atoms with van der Waals surface area (Å²) in [5.74, 6) is 0. The minimum atomic E-state index is -1.30. The molecule has 0 unspecified atom stereocenters. The molecule has 0 spiro atoms. The molecule has 0 aliphatic rings. The molecule has 0 aliphatic heterocycles. The van der Waals surface area contributed by atoms with Crippen LogP contribution < -0.4 is 10.4 Å². The van der Waals surface area contributed by atoms with Crippen LogP contribution in [-0.4, -0.2) is 30.7 Å². The zero-order chi connectivity index (χ0) is 20.8. The van der Waals surface area contributed by atoms with Gasteiger partial charge in [0.05, 0.1) is 16.1 Å². The van der Waals surface area contributed by atoms with Crippen molar-refractivity contribution >= 4 is 37.7 Å². The van der Waals surface area contributed by atoms with Gasteiger partial charge in [0.2, 0.25) is 0 Å². The van der Waals surface area contributed by atoms with Crippen molar-refractivity contribution in [1.82, 2.24) is 14.5 Å². The molecule has 0 atom stereocenters. The highest BCUT2D eigenvalue weighted by Gasteiger charge is 2.18. The van der Waals surface area contributed by atoms with Crippen LogP contribution in [0.3, 0.4) is 0 Å². The molecule has 0 amide bonds. The lowest BCUT2D eigenvalue weighted by atomic mass is 10.1. The smallest absolute Gasteiger partial charge is 0.165 e. The average Bonchev–Trinajstić information content (AvgIpc) is 3.11. The maximum absolute atomic E-state index is 4.73. The van der Waals surface area contributed by atoms with Gasteiger partial charge >= 0.3 is 0 Å². The van der Waals surface area contributed by atoms with Crippen molar-refractivity contribution in [3.05, 3.63) is 67.1 Å². The third-order valence-corrected chi connectivity index (χ3v) is 9.64. The molecule has 3 nitrogen and oxygen atoms in total. The first-order valence-electron chi connectivity index (χ1n) is 10.2. The van der Waals surface area contributed by atoms with Crippen LogP contribution in [0.4, 0.5) is 0 Å². The van der Waals surface area contributed by atoms with Crippen molar-refractivity contribution < 1.29 is 0 Å². The van der Waals surface area contributed by atoms with Gasteiger partial charge in [0, 0.05) is 17.4 Å². The van der Waals surface area contributed by atoms with Crippen LogP contribution in [0.25, 0.3) is 28.0 Å². The zero-order valence-corrected chi connectivity index (χ0v) is 20.2. The highest BCUT2D eigenvalue weighted by Crippen LogP contribution is 2.27. The van der Waals surface area contributed by atoms with Gasteiger partial charge in [0.1, 0.15) is 11.8 Å².